The lowest BCUT2D eigenvalue weighted by Crippen LogP contribution is -2.44. The van der Waals surface area contributed by atoms with Crippen molar-refractivity contribution in [1.82, 2.24) is 0 Å². The van der Waals surface area contributed by atoms with Gasteiger partial charge in [0, 0.05) is 0 Å². The molecule has 25 heavy (non-hydrogen) atoms. The molecule has 1 aromatic rings. The van der Waals surface area contributed by atoms with Crippen molar-refractivity contribution in [2.45, 2.75) is 65.1 Å². The minimum atomic E-state index is -1.63. The summed E-state index contributed by atoms with van der Waals surface area (Å²) in [6, 6.07) is 10.1. The summed E-state index contributed by atoms with van der Waals surface area (Å²) in [5.74, 6) is 0.440. The van der Waals surface area contributed by atoms with E-state index in [-0.39, 0.29) is 6.10 Å². The maximum atomic E-state index is 12.3. The summed E-state index contributed by atoms with van der Waals surface area (Å²) in [6.07, 6.45) is 3.48. The fraction of sp³-hybridized carbons (Fsp3) is 0.571. The summed E-state index contributed by atoms with van der Waals surface area (Å²) in [4.78, 5) is 23.0. The van der Waals surface area contributed by atoms with Gasteiger partial charge in [0.05, 0.1) is 5.56 Å². The summed E-state index contributed by atoms with van der Waals surface area (Å²) in [5.41, 5.74) is 2.69. The molecule has 1 aliphatic carbocycles. The van der Waals surface area contributed by atoms with Crippen LogP contribution in [0.4, 0.5) is 0 Å². The first-order valence-corrected chi connectivity index (χ1v) is 12.1. The molecular formula is C21H32O3Si. The van der Waals surface area contributed by atoms with E-state index in [0.717, 1.165) is 24.9 Å². The third kappa shape index (κ3) is 4.42. The van der Waals surface area contributed by atoms with Gasteiger partial charge in [-0.2, -0.15) is 4.89 Å². The van der Waals surface area contributed by atoms with E-state index in [0.29, 0.717) is 17.4 Å². The van der Waals surface area contributed by atoms with Crippen molar-refractivity contribution in [3.05, 3.63) is 42.1 Å². The normalized spacial score (nSPS) is 23.9. The van der Waals surface area contributed by atoms with E-state index in [1.54, 1.807) is 0 Å². The van der Waals surface area contributed by atoms with Gasteiger partial charge < -0.3 is 0 Å². The first-order chi connectivity index (χ1) is 12.0. The van der Waals surface area contributed by atoms with Gasteiger partial charge in [-0.05, 0) is 36.8 Å². The van der Waals surface area contributed by atoms with E-state index in [1.807, 2.05) is 12.1 Å². The number of benzene rings is 1. The quantitative estimate of drug-likeness (QED) is 0.389. The van der Waals surface area contributed by atoms with Crippen LogP contribution in [-0.2, 0) is 9.78 Å². The van der Waals surface area contributed by atoms with E-state index < -0.39 is 14.0 Å². The smallest absolute Gasteiger partial charge is 0.293 e. The van der Waals surface area contributed by atoms with Gasteiger partial charge in [-0.25, -0.2) is 4.79 Å². The van der Waals surface area contributed by atoms with Gasteiger partial charge in [0.2, 0.25) is 0 Å². The van der Waals surface area contributed by atoms with Crippen LogP contribution in [0.25, 0.3) is 0 Å². The summed E-state index contributed by atoms with van der Waals surface area (Å²) in [6.45, 7) is 12.8. The van der Waals surface area contributed by atoms with E-state index in [1.165, 1.54) is 11.6 Å². The minimum absolute atomic E-state index is 0.00187. The second-order valence-electron chi connectivity index (χ2n) is 7.46. The molecule has 2 unspecified atom stereocenters. The van der Waals surface area contributed by atoms with Crippen LogP contribution in [0.3, 0.4) is 0 Å². The molecule has 0 aliphatic heterocycles. The molecule has 0 bridgehead atoms. The summed E-state index contributed by atoms with van der Waals surface area (Å²) < 4.78 is 0. The van der Waals surface area contributed by atoms with Crippen LogP contribution in [-0.4, -0.2) is 20.1 Å². The molecule has 3 nitrogen and oxygen atoms in total. The van der Waals surface area contributed by atoms with Gasteiger partial charge in [-0.1, -0.05) is 69.2 Å². The largest absolute Gasteiger partial charge is 0.373 e. The molecule has 2 rings (SSSR count). The van der Waals surface area contributed by atoms with Gasteiger partial charge in [0.1, 0.15) is 14.2 Å². The third-order valence-electron chi connectivity index (χ3n) is 6.02. The lowest BCUT2D eigenvalue weighted by molar-refractivity contribution is -0.299. The number of carbonyl (C=O) groups excluding carboxylic acids is 1. The zero-order valence-electron chi connectivity index (χ0n) is 16.1. The lowest BCUT2D eigenvalue weighted by atomic mass is 9.81. The highest BCUT2D eigenvalue weighted by Gasteiger charge is 2.31. The predicted octanol–water partition coefficient (Wildman–Crippen LogP) is 5.02. The van der Waals surface area contributed by atoms with Crippen LogP contribution in [0.1, 0.15) is 57.3 Å². The van der Waals surface area contributed by atoms with E-state index >= 15 is 0 Å². The van der Waals surface area contributed by atoms with Crippen molar-refractivity contribution in [2.24, 2.45) is 11.8 Å². The number of hydrogen-bond acceptors (Lipinski definition) is 3. The summed E-state index contributed by atoms with van der Waals surface area (Å²) in [5, 5.41) is 1.32. The Labute approximate surface area is 153 Å². The average Bonchev–Trinajstić information content (AvgIpc) is 2.63. The second kappa shape index (κ2) is 8.81. The first-order valence-electron chi connectivity index (χ1n) is 9.59. The van der Waals surface area contributed by atoms with Crippen molar-refractivity contribution < 1.29 is 14.6 Å². The molecule has 0 N–H and O–H groups in total. The van der Waals surface area contributed by atoms with Crippen LogP contribution in [0, 0.1) is 11.8 Å². The Morgan fingerprint density at radius 1 is 1.16 bits per heavy atom. The molecule has 0 amide bonds. The molecular weight excluding hydrogens is 328 g/mol. The Kier molecular flexibility index (Phi) is 7.02. The van der Waals surface area contributed by atoms with E-state index in [2.05, 4.69) is 52.1 Å². The minimum Gasteiger partial charge on any atom is -0.293 e. The Morgan fingerprint density at radius 3 is 2.20 bits per heavy atom. The Hall–Kier alpha value is -1.39. The molecule has 4 heteroatoms. The van der Waals surface area contributed by atoms with Gasteiger partial charge >= 0.3 is 5.97 Å². The maximum absolute atomic E-state index is 12.3. The summed E-state index contributed by atoms with van der Waals surface area (Å²) >= 11 is 0. The van der Waals surface area contributed by atoms with Crippen LogP contribution >= 0.6 is 0 Å². The predicted molar refractivity (Wildman–Crippen MR) is 105 cm³/mol. The van der Waals surface area contributed by atoms with Gasteiger partial charge in [-0.15, -0.1) is 6.58 Å². The van der Waals surface area contributed by atoms with E-state index in [9.17, 15) is 4.79 Å². The molecule has 0 spiro atoms. The molecule has 0 radical (unpaired) electrons. The van der Waals surface area contributed by atoms with Crippen molar-refractivity contribution >= 4 is 19.2 Å². The fourth-order valence-corrected chi connectivity index (χ4v) is 6.95. The highest BCUT2D eigenvalue weighted by molar-refractivity contribution is 6.95. The number of hydrogen-bond donors (Lipinski definition) is 0. The van der Waals surface area contributed by atoms with Crippen molar-refractivity contribution in [2.75, 3.05) is 0 Å². The molecule has 1 fully saturated rings. The van der Waals surface area contributed by atoms with Gasteiger partial charge in [-0.3, -0.25) is 4.89 Å². The Bertz CT molecular complexity index is 567. The fourth-order valence-electron chi connectivity index (χ4n) is 3.99. The van der Waals surface area contributed by atoms with Crippen LogP contribution in [0.5, 0.6) is 0 Å². The summed E-state index contributed by atoms with van der Waals surface area (Å²) in [7, 11) is -1.63. The van der Waals surface area contributed by atoms with Gasteiger partial charge in [0.15, 0.2) is 0 Å². The van der Waals surface area contributed by atoms with Crippen molar-refractivity contribution in [3.63, 3.8) is 0 Å². The topological polar surface area (TPSA) is 35.5 Å². The van der Waals surface area contributed by atoms with Crippen molar-refractivity contribution in [3.8, 4) is 0 Å². The first kappa shape index (κ1) is 19.9. The number of carbonyl (C=O) groups is 1. The molecule has 0 saturated heterocycles. The van der Waals surface area contributed by atoms with Gasteiger partial charge in [0.25, 0.3) is 0 Å². The highest BCUT2D eigenvalue weighted by Crippen LogP contribution is 2.31. The lowest BCUT2D eigenvalue weighted by Gasteiger charge is -2.32. The standard InChI is InChI=1S/C21H32O3Si/c1-6-25(7-2,8-3)19-14-12-18(13-15-19)21(22)24-23-20-16(4)10-9-11-17(20)5/h6,12-17,20H,1,7-11H2,2-5H3. The monoisotopic (exact) mass is 360 g/mol. The van der Waals surface area contributed by atoms with Crippen LogP contribution < -0.4 is 5.19 Å². The van der Waals surface area contributed by atoms with Crippen molar-refractivity contribution in [1.29, 1.82) is 0 Å². The second-order valence-corrected chi connectivity index (χ2v) is 12.2. The zero-order chi connectivity index (χ0) is 18.4. The molecule has 138 valence electrons. The Balaban J connectivity index is 2.02. The maximum Gasteiger partial charge on any atom is 0.373 e. The zero-order valence-corrected chi connectivity index (χ0v) is 17.1. The Morgan fingerprint density at radius 2 is 1.72 bits per heavy atom. The molecule has 1 aromatic carbocycles. The SMILES string of the molecule is C=C[Si](CC)(CC)c1ccc(C(=O)OOC2C(C)CCCC2C)cc1. The average molecular weight is 361 g/mol. The third-order valence-corrected chi connectivity index (χ3v) is 10.8. The van der Waals surface area contributed by atoms with Crippen LogP contribution in [0.2, 0.25) is 12.1 Å². The van der Waals surface area contributed by atoms with E-state index in [4.69, 9.17) is 9.78 Å². The molecule has 1 saturated carbocycles. The molecule has 0 aromatic heterocycles. The van der Waals surface area contributed by atoms with Crippen LogP contribution in [0.15, 0.2) is 36.5 Å². The molecule has 0 heterocycles. The highest BCUT2D eigenvalue weighted by atomic mass is 28.3. The molecule has 1 aliphatic rings. The number of rotatable bonds is 7. The molecule has 2 atom stereocenters.